The van der Waals surface area contributed by atoms with Gasteiger partial charge in [0.2, 0.25) is 0 Å². The maximum Gasteiger partial charge on any atom is 0.352 e. The van der Waals surface area contributed by atoms with Gasteiger partial charge in [-0.25, -0.2) is 9.18 Å². The van der Waals surface area contributed by atoms with Gasteiger partial charge in [-0.05, 0) is 56.0 Å². The lowest BCUT2D eigenvalue weighted by Gasteiger charge is -2.13. The Labute approximate surface area is 178 Å². The number of nitrogens with one attached hydrogen (secondary N) is 2. The Morgan fingerprint density at radius 2 is 2.06 bits per heavy atom. The molecule has 2 heterocycles. The molecule has 31 heavy (non-hydrogen) atoms. The highest BCUT2D eigenvalue weighted by molar-refractivity contribution is 6.07. The molecule has 0 saturated carbocycles. The largest absolute Gasteiger partial charge is 0.491 e. The van der Waals surface area contributed by atoms with Crippen molar-refractivity contribution >= 4 is 28.5 Å². The zero-order valence-corrected chi connectivity index (χ0v) is 17.3. The van der Waals surface area contributed by atoms with Crippen molar-refractivity contribution < 1.29 is 28.6 Å². The van der Waals surface area contributed by atoms with Crippen molar-refractivity contribution in [2.75, 3.05) is 18.5 Å². The number of aromatic nitrogens is 1. The fraction of sp³-hybridized carbons (Fsp3) is 0.304. The molecule has 1 saturated heterocycles. The van der Waals surface area contributed by atoms with Gasteiger partial charge < -0.3 is 24.9 Å². The maximum absolute atomic E-state index is 14.6. The second-order valence-electron chi connectivity index (χ2n) is 7.63. The number of amides is 1. The number of anilines is 1. The number of aromatic amines is 1. The van der Waals surface area contributed by atoms with Crippen LogP contribution in [0.25, 0.3) is 10.9 Å². The van der Waals surface area contributed by atoms with Crippen molar-refractivity contribution in [1.29, 1.82) is 0 Å². The van der Waals surface area contributed by atoms with E-state index in [1.54, 1.807) is 32.0 Å². The highest BCUT2D eigenvalue weighted by atomic mass is 19.1. The molecule has 0 radical (unpaired) electrons. The summed E-state index contributed by atoms with van der Waals surface area (Å²) >= 11 is 0. The zero-order chi connectivity index (χ0) is 22.1. The molecule has 1 atom stereocenters. The van der Waals surface area contributed by atoms with E-state index in [1.165, 1.54) is 12.1 Å². The fourth-order valence-electron chi connectivity index (χ4n) is 3.81. The van der Waals surface area contributed by atoms with Crippen LogP contribution in [0.5, 0.6) is 5.75 Å². The standard InChI is InChI=1S/C23H23FN2O5/c1-12-16-7-8-19(13(2)20(16)26-21(12)23(28)29)25-22(27)17-6-5-14(10-18(17)24)31-11-15-4-3-9-30-15/h5-8,10,15,26H,3-4,9,11H2,1-2H3,(H,25,27)(H,28,29)/t15-/m0/s1. The molecular weight excluding hydrogens is 403 g/mol. The molecule has 3 aromatic rings. The Bertz CT molecular complexity index is 1160. The third-order valence-electron chi connectivity index (χ3n) is 5.60. The first-order valence-electron chi connectivity index (χ1n) is 10.1. The molecule has 2 aromatic carbocycles. The number of rotatable bonds is 6. The van der Waals surface area contributed by atoms with Crippen LogP contribution in [-0.4, -0.2) is 41.3 Å². The number of carboxylic acid groups (broad SMARTS) is 1. The van der Waals surface area contributed by atoms with Crippen LogP contribution in [0.15, 0.2) is 30.3 Å². The van der Waals surface area contributed by atoms with Crippen molar-refractivity contribution in [3.05, 3.63) is 58.5 Å². The van der Waals surface area contributed by atoms with Crippen LogP contribution < -0.4 is 10.1 Å². The predicted octanol–water partition coefficient (Wildman–Crippen LogP) is 4.43. The van der Waals surface area contributed by atoms with Crippen LogP contribution in [0.4, 0.5) is 10.1 Å². The third-order valence-corrected chi connectivity index (χ3v) is 5.60. The Balaban J connectivity index is 1.51. The Morgan fingerprint density at radius 1 is 1.26 bits per heavy atom. The van der Waals surface area contributed by atoms with E-state index in [4.69, 9.17) is 9.47 Å². The van der Waals surface area contributed by atoms with E-state index in [0.29, 0.717) is 41.3 Å². The number of hydrogen-bond acceptors (Lipinski definition) is 4. The van der Waals surface area contributed by atoms with E-state index in [0.717, 1.165) is 18.2 Å². The minimum Gasteiger partial charge on any atom is -0.491 e. The molecule has 0 bridgehead atoms. The number of carbonyl (C=O) groups excluding carboxylic acids is 1. The lowest BCUT2D eigenvalue weighted by Crippen LogP contribution is -2.17. The van der Waals surface area contributed by atoms with Crippen LogP contribution >= 0.6 is 0 Å². The van der Waals surface area contributed by atoms with Gasteiger partial charge in [0, 0.05) is 23.7 Å². The van der Waals surface area contributed by atoms with Crippen molar-refractivity contribution in [2.45, 2.75) is 32.8 Å². The SMILES string of the molecule is Cc1c(C(=O)O)[nH]c2c(C)c(NC(=O)c3ccc(OC[C@@H]4CCCO4)cc3F)ccc12. The molecule has 1 aliphatic rings. The van der Waals surface area contributed by atoms with Crippen molar-refractivity contribution in [3.8, 4) is 5.75 Å². The number of carbonyl (C=O) groups is 2. The number of ether oxygens (including phenoxy) is 2. The van der Waals surface area contributed by atoms with Crippen LogP contribution in [0, 0.1) is 19.7 Å². The molecule has 8 heteroatoms. The molecule has 162 valence electrons. The monoisotopic (exact) mass is 426 g/mol. The molecule has 1 aliphatic heterocycles. The second-order valence-corrected chi connectivity index (χ2v) is 7.63. The van der Waals surface area contributed by atoms with Crippen molar-refractivity contribution in [2.24, 2.45) is 0 Å². The van der Waals surface area contributed by atoms with Crippen LogP contribution in [0.1, 0.15) is 44.8 Å². The first-order chi connectivity index (χ1) is 14.8. The number of fused-ring (bicyclic) bond motifs is 1. The summed E-state index contributed by atoms with van der Waals surface area (Å²) in [5.41, 5.74) is 2.36. The fourth-order valence-corrected chi connectivity index (χ4v) is 3.81. The smallest absolute Gasteiger partial charge is 0.352 e. The first kappa shape index (κ1) is 20.9. The summed E-state index contributed by atoms with van der Waals surface area (Å²) in [6.07, 6.45) is 1.93. The van der Waals surface area contributed by atoms with Gasteiger partial charge in [-0.1, -0.05) is 6.07 Å². The summed E-state index contributed by atoms with van der Waals surface area (Å²) in [4.78, 5) is 26.9. The number of benzene rings is 2. The summed E-state index contributed by atoms with van der Waals surface area (Å²) in [5, 5.41) is 12.8. The molecule has 1 amide bonds. The molecule has 7 nitrogen and oxygen atoms in total. The minimum atomic E-state index is -1.05. The summed E-state index contributed by atoms with van der Waals surface area (Å²) in [6, 6.07) is 7.53. The summed E-state index contributed by atoms with van der Waals surface area (Å²) in [5.74, 6) is -2.01. The topological polar surface area (TPSA) is 101 Å². The average Bonchev–Trinajstić information content (AvgIpc) is 3.37. The van der Waals surface area contributed by atoms with E-state index in [1.807, 2.05) is 0 Å². The molecule has 0 spiro atoms. The van der Waals surface area contributed by atoms with Gasteiger partial charge in [-0.15, -0.1) is 0 Å². The van der Waals surface area contributed by atoms with Gasteiger partial charge in [-0.3, -0.25) is 4.79 Å². The molecule has 0 aliphatic carbocycles. The molecule has 1 fully saturated rings. The Kier molecular flexibility index (Phi) is 5.65. The minimum absolute atomic E-state index is 0.0159. The number of carboxylic acids is 1. The van der Waals surface area contributed by atoms with Crippen molar-refractivity contribution in [3.63, 3.8) is 0 Å². The van der Waals surface area contributed by atoms with Gasteiger partial charge in [0.1, 0.15) is 23.9 Å². The molecular formula is C23H23FN2O5. The summed E-state index contributed by atoms with van der Waals surface area (Å²) in [7, 11) is 0. The predicted molar refractivity (Wildman–Crippen MR) is 114 cm³/mol. The van der Waals surface area contributed by atoms with Crippen LogP contribution in [0.2, 0.25) is 0 Å². The van der Waals surface area contributed by atoms with E-state index >= 15 is 0 Å². The number of halogens is 1. The van der Waals surface area contributed by atoms with Crippen LogP contribution in [-0.2, 0) is 4.74 Å². The van der Waals surface area contributed by atoms with Gasteiger partial charge in [0.05, 0.1) is 17.2 Å². The number of aryl methyl sites for hydroxylation is 2. The third kappa shape index (κ3) is 4.11. The van der Waals surface area contributed by atoms with E-state index in [-0.39, 0.29) is 17.4 Å². The van der Waals surface area contributed by atoms with Gasteiger partial charge in [0.15, 0.2) is 0 Å². The molecule has 4 rings (SSSR count). The molecule has 1 aromatic heterocycles. The maximum atomic E-state index is 14.6. The molecule has 3 N–H and O–H groups in total. The van der Waals surface area contributed by atoms with Gasteiger partial charge in [-0.2, -0.15) is 0 Å². The number of hydrogen-bond donors (Lipinski definition) is 3. The first-order valence-corrected chi connectivity index (χ1v) is 10.1. The van der Waals surface area contributed by atoms with Gasteiger partial charge in [0.25, 0.3) is 5.91 Å². The summed E-state index contributed by atoms with van der Waals surface area (Å²) < 4.78 is 25.6. The second kappa shape index (κ2) is 8.39. The van der Waals surface area contributed by atoms with E-state index in [2.05, 4.69) is 10.3 Å². The molecule has 0 unspecified atom stereocenters. The highest BCUT2D eigenvalue weighted by Gasteiger charge is 2.19. The lowest BCUT2D eigenvalue weighted by atomic mass is 10.1. The van der Waals surface area contributed by atoms with Crippen LogP contribution in [0.3, 0.4) is 0 Å². The lowest BCUT2D eigenvalue weighted by molar-refractivity contribution is 0.0678. The Hall–Kier alpha value is -3.39. The number of aromatic carboxylic acids is 1. The van der Waals surface area contributed by atoms with E-state index < -0.39 is 17.7 Å². The van der Waals surface area contributed by atoms with E-state index in [9.17, 15) is 19.1 Å². The Morgan fingerprint density at radius 3 is 2.74 bits per heavy atom. The summed E-state index contributed by atoms with van der Waals surface area (Å²) in [6.45, 7) is 4.54. The number of H-pyrrole nitrogens is 1. The highest BCUT2D eigenvalue weighted by Crippen LogP contribution is 2.30. The normalized spacial score (nSPS) is 15.9. The quantitative estimate of drug-likeness (QED) is 0.541. The average molecular weight is 426 g/mol. The van der Waals surface area contributed by atoms with Crippen molar-refractivity contribution in [1.82, 2.24) is 4.98 Å². The van der Waals surface area contributed by atoms with Gasteiger partial charge >= 0.3 is 5.97 Å². The zero-order valence-electron chi connectivity index (χ0n) is 17.3.